The standard InChI is InChI=1S/C17H28N2O2/c1-13-9-10-18(11-16(13)20)12-17(21)19(15-7-8-15)14-5-3-2-4-6-14/h5,13,15-16,20H,2-4,6-12H2,1H3. The van der Waals surface area contributed by atoms with Crippen molar-refractivity contribution in [3.05, 3.63) is 11.8 Å². The molecule has 118 valence electrons. The summed E-state index contributed by atoms with van der Waals surface area (Å²) in [6.07, 6.45) is 9.93. The van der Waals surface area contributed by atoms with Gasteiger partial charge in [0.05, 0.1) is 12.6 Å². The van der Waals surface area contributed by atoms with Gasteiger partial charge in [0.1, 0.15) is 0 Å². The first kappa shape index (κ1) is 15.0. The van der Waals surface area contributed by atoms with Crippen LogP contribution in [0.5, 0.6) is 0 Å². The number of β-amino-alcohol motifs (C(OH)–C–C–N with tert-alkyl or cyclic N) is 1. The normalized spacial score (nSPS) is 30.9. The number of hydrogen-bond acceptors (Lipinski definition) is 3. The van der Waals surface area contributed by atoms with Crippen molar-refractivity contribution < 1.29 is 9.90 Å². The summed E-state index contributed by atoms with van der Waals surface area (Å²) in [5.41, 5.74) is 1.26. The second-order valence-electron chi connectivity index (χ2n) is 7.00. The van der Waals surface area contributed by atoms with E-state index in [4.69, 9.17) is 0 Å². The van der Waals surface area contributed by atoms with Crippen LogP contribution in [0.2, 0.25) is 0 Å². The van der Waals surface area contributed by atoms with Crippen LogP contribution in [0, 0.1) is 5.92 Å². The zero-order chi connectivity index (χ0) is 14.8. The summed E-state index contributed by atoms with van der Waals surface area (Å²) in [7, 11) is 0. The number of allylic oxidation sites excluding steroid dienone is 2. The van der Waals surface area contributed by atoms with Crippen LogP contribution in [0.15, 0.2) is 11.8 Å². The van der Waals surface area contributed by atoms with E-state index in [-0.39, 0.29) is 12.0 Å². The maximum absolute atomic E-state index is 12.7. The van der Waals surface area contributed by atoms with Crippen molar-refractivity contribution in [3.8, 4) is 0 Å². The molecule has 2 aliphatic carbocycles. The second-order valence-corrected chi connectivity index (χ2v) is 7.00. The molecule has 0 spiro atoms. The van der Waals surface area contributed by atoms with Crippen LogP contribution in [0.25, 0.3) is 0 Å². The highest BCUT2D eigenvalue weighted by Gasteiger charge is 2.36. The van der Waals surface area contributed by atoms with Crippen LogP contribution in [0.1, 0.15) is 51.9 Å². The molecule has 2 fully saturated rings. The van der Waals surface area contributed by atoms with E-state index in [0.717, 1.165) is 38.6 Å². The van der Waals surface area contributed by atoms with Gasteiger partial charge in [-0.15, -0.1) is 0 Å². The summed E-state index contributed by atoms with van der Waals surface area (Å²) < 4.78 is 0. The summed E-state index contributed by atoms with van der Waals surface area (Å²) in [5, 5.41) is 9.99. The molecule has 3 rings (SSSR count). The number of carbonyl (C=O) groups excluding carboxylic acids is 1. The van der Waals surface area contributed by atoms with Crippen molar-refractivity contribution in [1.82, 2.24) is 9.80 Å². The molecule has 1 aliphatic heterocycles. The lowest BCUT2D eigenvalue weighted by Crippen LogP contribution is -2.48. The Morgan fingerprint density at radius 2 is 2.19 bits per heavy atom. The number of nitrogens with zero attached hydrogens (tertiary/aromatic N) is 2. The largest absolute Gasteiger partial charge is 0.392 e. The highest BCUT2D eigenvalue weighted by molar-refractivity contribution is 5.80. The van der Waals surface area contributed by atoms with E-state index in [1.807, 2.05) is 0 Å². The van der Waals surface area contributed by atoms with E-state index in [1.54, 1.807) is 0 Å². The van der Waals surface area contributed by atoms with Crippen LogP contribution in [0.3, 0.4) is 0 Å². The van der Waals surface area contributed by atoms with Gasteiger partial charge in [-0.25, -0.2) is 0 Å². The highest BCUT2D eigenvalue weighted by atomic mass is 16.3. The predicted octanol–water partition coefficient (Wildman–Crippen LogP) is 2.14. The zero-order valence-electron chi connectivity index (χ0n) is 13.1. The van der Waals surface area contributed by atoms with Crippen molar-refractivity contribution in [2.75, 3.05) is 19.6 Å². The van der Waals surface area contributed by atoms with E-state index in [0.29, 0.717) is 25.0 Å². The number of likely N-dealkylation sites (tertiary alicyclic amines) is 1. The fourth-order valence-corrected chi connectivity index (χ4v) is 3.50. The first-order valence-corrected chi connectivity index (χ1v) is 8.56. The average molecular weight is 292 g/mol. The molecular formula is C17H28N2O2. The minimum absolute atomic E-state index is 0.243. The SMILES string of the molecule is CC1CCN(CC(=O)N(C2=CCCCC2)C2CC2)CC1O. The Bertz CT molecular complexity index is 417. The molecule has 1 saturated heterocycles. The Balaban J connectivity index is 1.61. The van der Waals surface area contributed by atoms with Gasteiger partial charge in [-0.2, -0.15) is 0 Å². The Labute approximate surface area is 127 Å². The van der Waals surface area contributed by atoms with E-state index in [9.17, 15) is 9.90 Å². The quantitative estimate of drug-likeness (QED) is 0.863. The number of hydrogen-bond donors (Lipinski definition) is 1. The van der Waals surface area contributed by atoms with E-state index < -0.39 is 0 Å². The Morgan fingerprint density at radius 3 is 2.81 bits per heavy atom. The van der Waals surface area contributed by atoms with Crippen LogP contribution in [-0.4, -0.2) is 52.6 Å². The van der Waals surface area contributed by atoms with Gasteiger partial charge in [-0.05, 0) is 57.4 Å². The molecular weight excluding hydrogens is 264 g/mol. The smallest absolute Gasteiger partial charge is 0.241 e. The van der Waals surface area contributed by atoms with Gasteiger partial charge in [0.2, 0.25) is 5.91 Å². The molecule has 0 aromatic rings. The Hall–Kier alpha value is -0.870. The predicted molar refractivity (Wildman–Crippen MR) is 82.6 cm³/mol. The lowest BCUT2D eigenvalue weighted by Gasteiger charge is -2.36. The summed E-state index contributed by atoms with van der Waals surface area (Å²) >= 11 is 0. The molecule has 1 heterocycles. The topological polar surface area (TPSA) is 43.8 Å². The average Bonchev–Trinajstić information content (AvgIpc) is 3.29. The van der Waals surface area contributed by atoms with Gasteiger partial charge in [0.25, 0.3) is 0 Å². The molecule has 21 heavy (non-hydrogen) atoms. The summed E-state index contributed by atoms with van der Waals surface area (Å²) in [4.78, 5) is 17.0. The molecule has 0 aromatic heterocycles. The summed E-state index contributed by atoms with van der Waals surface area (Å²) in [5.74, 6) is 0.601. The minimum atomic E-state index is -0.283. The van der Waals surface area contributed by atoms with Crippen molar-refractivity contribution in [2.24, 2.45) is 5.92 Å². The molecule has 4 nitrogen and oxygen atoms in total. The van der Waals surface area contributed by atoms with Crippen LogP contribution in [0.4, 0.5) is 0 Å². The van der Waals surface area contributed by atoms with Gasteiger partial charge in [-0.3, -0.25) is 9.69 Å². The lowest BCUT2D eigenvalue weighted by atomic mass is 9.96. The molecule has 2 atom stereocenters. The van der Waals surface area contributed by atoms with Gasteiger partial charge in [0.15, 0.2) is 0 Å². The molecule has 4 heteroatoms. The van der Waals surface area contributed by atoms with Crippen molar-refractivity contribution >= 4 is 5.91 Å². The van der Waals surface area contributed by atoms with Gasteiger partial charge in [0, 0.05) is 18.3 Å². The maximum atomic E-state index is 12.7. The third-order valence-corrected chi connectivity index (χ3v) is 5.12. The molecule has 0 radical (unpaired) electrons. The molecule has 3 aliphatic rings. The number of rotatable bonds is 4. The van der Waals surface area contributed by atoms with Crippen LogP contribution < -0.4 is 0 Å². The molecule has 2 unspecified atom stereocenters. The first-order valence-electron chi connectivity index (χ1n) is 8.56. The number of carbonyl (C=O) groups is 1. The fourth-order valence-electron chi connectivity index (χ4n) is 3.50. The van der Waals surface area contributed by atoms with Crippen molar-refractivity contribution in [2.45, 2.75) is 64.0 Å². The molecule has 1 N–H and O–H groups in total. The number of aliphatic hydroxyl groups is 1. The third-order valence-electron chi connectivity index (χ3n) is 5.12. The van der Waals surface area contributed by atoms with Crippen molar-refractivity contribution in [1.29, 1.82) is 0 Å². The third kappa shape index (κ3) is 3.67. The lowest BCUT2D eigenvalue weighted by molar-refractivity contribution is -0.132. The highest BCUT2D eigenvalue weighted by Crippen LogP contribution is 2.34. The Morgan fingerprint density at radius 1 is 1.38 bits per heavy atom. The Kier molecular flexibility index (Phi) is 4.65. The second kappa shape index (κ2) is 6.49. The molecule has 1 saturated carbocycles. The molecule has 0 aromatic carbocycles. The van der Waals surface area contributed by atoms with E-state index >= 15 is 0 Å². The van der Waals surface area contributed by atoms with Gasteiger partial charge < -0.3 is 10.0 Å². The van der Waals surface area contributed by atoms with Gasteiger partial charge in [-0.1, -0.05) is 13.0 Å². The van der Waals surface area contributed by atoms with Crippen molar-refractivity contribution in [3.63, 3.8) is 0 Å². The number of amides is 1. The molecule has 1 amide bonds. The number of piperidine rings is 1. The summed E-state index contributed by atoms with van der Waals surface area (Å²) in [6.45, 7) is 4.14. The summed E-state index contributed by atoms with van der Waals surface area (Å²) in [6, 6.07) is 0.454. The first-order chi connectivity index (χ1) is 10.1. The molecule has 0 bridgehead atoms. The van der Waals surface area contributed by atoms with E-state index in [2.05, 4.69) is 22.8 Å². The fraction of sp³-hybridized carbons (Fsp3) is 0.824. The van der Waals surface area contributed by atoms with Gasteiger partial charge >= 0.3 is 0 Å². The van der Waals surface area contributed by atoms with Crippen LogP contribution in [-0.2, 0) is 4.79 Å². The monoisotopic (exact) mass is 292 g/mol. The van der Waals surface area contributed by atoms with E-state index in [1.165, 1.54) is 18.5 Å². The zero-order valence-corrected chi connectivity index (χ0v) is 13.1. The van der Waals surface area contributed by atoms with Crippen LogP contribution >= 0.6 is 0 Å². The number of aliphatic hydroxyl groups excluding tert-OH is 1. The minimum Gasteiger partial charge on any atom is -0.392 e. The maximum Gasteiger partial charge on any atom is 0.241 e.